The topological polar surface area (TPSA) is 60.4 Å². The minimum atomic E-state index is -3.93. The molecule has 0 spiro atoms. The second-order valence-electron chi connectivity index (χ2n) is 4.17. The van der Waals surface area contributed by atoms with Crippen LogP contribution in [0, 0.1) is 6.92 Å². The predicted octanol–water partition coefficient (Wildman–Crippen LogP) is 3.64. The van der Waals surface area contributed by atoms with Crippen LogP contribution < -0.4 is 0 Å². The molecular formula is C12H14BrClO4S. The van der Waals surface area contributed by atoms with Crippen LogP contribution in [0.4, 0.5) is 0 Å². The van der Waals surface area contributed by atoms with Crippen LogP contribution in [0.2, 0.25) is 0 Å². The van der Waals surface area contributed by atoms with Crippen molar-refractivity contribution >= 4 is 41.6 Å². The molecule has 0 heterocycles. The number of hydrogen-bond donors (Lipinski definition) is 0. The Kier molecular flexibility index (Phi) is 5.41. The van der Waals surface area contributed by atoms with Crippen molar-refractivity contribution in [2.75, 3.05) is 0 Å². The molecule has 1 rings (SSSR count). The van der Waals surface area contributed by atoms with Crippen molar-refractivity contribution in [1.82, 2.24) is 0 Å². The molecular weight excluding hydrogens is 356 g/mol. The molecule has 0 saturated heterocycles. The number of hydrogen-bond acceptors (Lipinski definition) is 4. The van der Waals surface area contributed by atoms with Crippen molar-refractivity contribution in [3.8, 4) is 0 Å². The van der Waals surface area contributed by atoms with E-state index in [-0.39, 0.29) is 16.6 Å². The number of benzene rings is 1. The molecule has 0 aromatic heterocycles. The molecule has 1 aromatic rings. The molecule has 106 valence electrons. The molecule has 0 aliphatic heterocycles. The van der Waals surface area contributed by atoms with Crippen molar-refractivity contribution in [3.05, 3.63) is 27.7 Å². The molecule has 0 bridgehead atoms. The highest BCUT2D eigenvalue weighted by Crippen LogP contribution is 2.30. The molecule has 1 aromatic carbocycles. The summed E-state index contributed by atoms with van der Waals surface area (Å²) in [4.78, 5) is 11.7. The Balaban J connectivity index is 3.25. The standard InChI is InChI=1S/C12H14BrClO4S/c1-4-8(3)18-12(15)9-5-7(2)11(13)10(6-9)19(14,16)17/h5-6,8H,4H2,1-3H3. The van der Waals surface area contributed by atoms with E-state index in [1.165, 1.54) is 6.07 Å². The van der Waals surface area contributed by atoms with Gasteiger partial charge in [0.15, 0.2) is 0 Å². The maximum absolute atomic E-state index is 11.9. The fourth-order valence-electron chi connectivity index (χ4n) is 1.37. The fourth-order valence-corrected chi connectivity index (χ4v) is 3.52. The zero-order valence-corrected chi connectivity index (χ0v) is 13.9. The van der Waals surface area contributed by atoms with E-state index in [4.69, 9.17) is 15.4 Å². The fraction of sp³-hybridized carbons (Fsp3) is 0.417. The number of carbonyl (C=O) groups excluding carboxylic acids is 1. The van der Waals surface area contributed by atoms with Gasteiger partial charge in [-0.15, -0.1) is 0 Å². The third-order valence-corrected chi connectivity index (χ3v) is 5.26. The van der Waals surface area contributed by atoms with E-state index in [2.05, 4.69) is 15.9 Å². The summed E-state index contributed by atoms with van der Waals surface area (Å²) in [5.41, 5.74) is 0.762. The van der Waals surface area contributed by atoms with Crippen LogP contribution in [0.15, 0.2) is 21.5 Å². The van der Waals surface area contributed by atoms with Crippen LogP contribution in [-0.2, 0) is 13.8 Å². The summed E-state index contributed by atoms with van der Waals surface area (Å²) >= 11 is 3.15. The molecule has 19 heavy (non-hydrogen) atoms. The van der Waals surface area contributed by atoms with Gasteiger partial charge in [-0.3, -0.25) is 0 Å². The summed E-state index contributed by atoms with van der Waals surface area (Å²) in [6, 6.07) is 2.77. The molecule has 0 radical (unpaired) electrons. The Morgan fingerprint density at radius 1 is 1.47 bits per heavy atom. The molecule has 0 saturated carbocycles. The lowest BCUT2D eigenvalue weighted by atomic mass is 10.1. The van der Waals surface area contributed by atoms with Gasteiger partial charge in [0, 0.05) is 15.2 Å². The van der Waals surface area contributed by atoms with Crippen molar-refractivity contribution < 1.29 is 17.9 Å². The van der Waals surface area contributed by atoms with E-state index in [0.29, 0.717) is 16.5 Å². The first-order valence-corrected chi connectivity index (χ1v) is 8.72. The van der Waals surface area contributed by atoms with E-state index in [1.807, 2.05) is 6.92 Å². The first-order valence-electron chi connectivity index (χ1n) is 5.62. The van der Waals surface area contributed by atoms with E-state index in [9.17, 15) is 13.2 Å². The molecule has 0 fully saturated rings. The van der Waals surface area contributed by atoms with Gasteiger partial charge in [-0.05, 0) is 53.9 Å². The highest BCUT2D eigenvalue weighted by atomic mass is 79.9. The highest BCUT2D eigenvalue weighted by molar-refractivity contribution is 9.10. The van der Waals surface area contributed by atoms with E-state index < -0.39 is 15.0 Å². The molecule has 1 unspecified atom stereocenters. The smallest absolute Gasteiger partial charge is 0.338 e. The lowest BCUT2D eigenvalue weighted by molar-refractivity contribution is 0.0334. The number of esters is 1. The van der Waals surface area contributed by atoms with Gasteiger partial charge in [0.25, 0.3) is 9.05 Å². The molecule has 0 aliphatic carbocycles. The maximum atomic E-state index is 11.9. The highest BCUT2D eigenvalue weighted by Gasteiger charge is 2.21. The van der Waals surface area contributed by atoms with Crippen LogP contribution >= 0.6 is 26.6 Å². The van der Waals surface area contributed by atoms with Crippen LogP contribution in [0.25, 0.3) is 0 Å². The van der Waals surface area contributed by atoms with Gasteiger partial charge in [0.2, 0.25) is 0 Å². The van der Waals surface area contributed by atoms with Crippen LogP contribution in [-0.4, -0.2) is 20.5 Å². The van der Waals surface area contributed by atoms with Gasteiger partial charge in [0.1, 0.15) is 0 Å². The summed E-state index contributed by atoms with van der Waals surface area (Å²) < 4.78 is 28.4. The summed E-state index contributed by atoms with van der Waals surface area (Å²) in [5, 5.41) is 0. The largest absolute Gasteiger partial charge is 0.459 e. The Labute approximate surface area is 125 Å². The van der Waals surface area contributed by atoms with Gasteiger partial charge in [-0.2, -0.15) is 0 Å². The third kappa shape index (κ3) is 4.19. The molecule has 0 amide bonds. The van der Waals surface area contributed by atoms with Crippen LogP contribution in [0.5, 0.6) is 0 Å². The van der Waals surface area contributed by atoms with Gasteiger partial charge in [-0.1, -0.05) is 6.92 Å². The van der Waals surface area contributed by atoms with Crippen LogP contribution in [0.1, 0.15) is 36.2 Å². The number of carbonyl (C=O) groups is 1. The SMILES string of the molecule is CCC(C)OC(=O)c1cc(C)c(Br)c(S(=O)(=O)Cl)c1. The number of halogens is 2. The summed E-state index contributed by atoms with van der Waals surface area (Å²) in [7, 11) is 1.41. The lowest BCUT2D eigenvalue weighted by Gasteiger charge is -2.12. The van der Waals surface area contributed by atoms with Gasteiger partial charge in [0.05, 0.1) is 16.6 Å². The van der Waals surface area contributed by atoms with Crippen molar-refractivity contribution in [3.63, 3.8) is 0 Å². The minimum absolute atomic E-state index is 0.134. The summed E-state index contributed by atoms with van der Waals surface area (Å²) in [6.07, 6.45) is 0.453. The maximum Gasteiger partial charge on any atom is 0.338 e. The first-order chi connectivity index (χ1) is 8.66. The second kappa shape index (κ2) is 6.24. The average molecular weight is 370 g/mol. The predicted molar refractivity (Wildman–Crippen MR) is 77.1 cm³/mol. The monoisotopic (exact) mass is 368 g/mol. The second-order valence-corrected chi connectivity index (χ2v) is 7.49. The molecule has 0 aliphatic rings. The van der Waals surface area contributed by atoms with E-state index >= 15 is 0 Å². The Morgan fingerprint density at radius 3 is 2.53 bits per heavy atom. The molecule has 1 atom stereocenters. The molecule has 0 N–H and O–H groups in total. The molecule has 7 heteroatoms. The number of ether oxygens (including phenoxy) is 1. The lowest BCUT2D eigenvalue weighted by Crippen LogP contribution is -2.14. The van der Waals surface area contributed by atoms with Crippen molar-refractivity contribution in [2.45, 2.75) is 38.2 Å². The van der Waals surface area contributed by atoms with E-state index in [0.717, 1.165) is 0 Å². The normalized spacial score (nSPS) is 13.1. The van der Waals surface area contributed by atoms with Crippen LogP contribution in [0.3, 0.4) is 0 Å². The zero-order valence-electron chi connectivity index (χ0n) is 10.7. The summed E-state index contributed by atoms with van der Waals surface area (Å²) in [5.74, 6) is -0.563. The number of rotatable bonds is 4. The van der Waals surface area contributed by atoms with E-state index in [1.54, 1.807) is 19.9 Å². The quantitative estimate of drug-likeness (QED) is 0.600. The average Bonchev–Trinajstić information content (AvgIpc) is 2.30. The molecule has 4 nitrogen and oxygen atoms in total. The van der Waals surface area contributed by atoms with Gasteiger partial charge < -0.3 is 4.74 Å². The number of aryl methyl sites for hydroxylation is 1. The van der Waals surface area contributed by atoms with Crippen molar-refractivity contribution in [2.24, 2.45) is 0 Å². The Morgan fingerprint density at radius 2 is 2.05 bits per heavy atom. The minimum Gasteiger partial charge on any atom is -0.459 e. The van der Waals surface area contributed by atoms with Gasteiger partial charge in [-0.25, -0.2) is 13.2 Å². The van der Waals surface area contributed by atoms with Gasteiger partial charge >= 0.3 is 5.97 Å². The van der Waals surface area contributed by atoms with Crippen molar-refractivity contribution in [1.29, 1.82) is 0 Å². The summed E-state index contributed by atoms with van der Waals surface area (Å²) in [6.45, 7) is 5.33. The third-order valence-electron chi connectivity index (χ3n) is 2.60. The Bertz CT molecular complexity index is 598. The Hall–Kier alpha value is -0.590. The zero-order chi connectivity index (χ0) is 14.8. The first kappa shape index (κ1) is 16.5.